The van der Waals surface area contributed by atoms with Crippen LogP contribution in [0.2, 0.25) is 0 Å². The highest BCUT2D eigenvalue weighted by Crippen LogP contribution is 2.23. The molecular weight excluding hydrogens is 148 g/mol. The van der Waals surface area contributed by atoms with E-state index < -0.39 is 0 Å². The second kappa shape index (κ2) is 3.48. The molecule has 2 nitrogen and oxygen atoms in total. The fourth-order valence-corrected chi connectivity index (χ4v) is 1.36. The summed E-state index contributed by atoms with van der Waals surface area (Å²) in [4.78, 5) is 3.14. The van der Waals surface area contributed by atoms with E-state index in [9.17, 15) is 0 Å². The van der Waals surface area contributed by atoms with Crippen LogP contribution >= 0.6 is 0 Å². The molecule has 66 valence electrons. The van der Waals surface area contributed by atoms with Crippen molar-refractivity contribution in [3.05, 3.63) is 29.7 Å². The molecule has 1 aromatic heterocycles. The predicted molar refractivity (Wildman–Crippen MR) is 52.5 cm³/mol. The minimum absolute atomic E-state index is 0.476. The maximum Gasteiger partial charge on any atom is 0.0192 e. The number of nitrogens with one attached hydrogen (secondary N) is 1. The fourth-order valence-electron chi connectivity index (χ4n) is 1.36. The second-order valence-electron chi connectivity index (χ2n) is 3.29. The molecule has 0 aliphatic rings. The predicted octanol–water partition coefficient (Wildman–Crippen LogP) is 2.28. The van der Waals surface area contributed by atoms with Gasteiger partial charge in [-0.15, -0.1) is 0 Å². The van der Waals surface area contributed by atoms with Crippen LogP contribution in [0.1, 0.15) is 25.1 Å². The van der Waals surface area contributed by atoms with Crippen LogP contribution in [0.25, 0.3) is 5.57 Å². The molecule has 0 saturated carbocycles. The Kier molecular flexibility index (Phi) is 2.58. The number of aromatic nitrogens is 1. The third kappa shape index (κ3) is 1.52. The minimum atomic E-state index is 0.476. The summed E-state index contributed by atoms with van der Waals surface area (Å²) in [6.45, 7) is 6.34. The molecule has 0 aliphatic heterocycles. The molecule has 0 aromatic carbocycles. The highest BCUT2D eigenvalue weighted by Gasteiger charge is 2.08. The molecule has 0 unspecified atom stereocenters. The maximum atomic E-state index is 5.56. The van der Waals surface area contributed by atoms with Gasteiger partial charge in [0.05, 0.1) is 0 Å². The minimum Gasteiger partial charge on any atom is -0.404 e. The summed E-state index contributed by atoms with van der Waals surface area (Å²) >= 11 is 0. The summed E-state index contributed by atoms with van der Waals surface area (Å²) in [6, 6.07) is 2.06. The van der Waals surface area contributed by atoms with Crippen LogP contribution in [0.3, 0.4) is 0 Å². The standard InChI is InChI=1S/C10H16N2/c1-7(2)10(6-11)9-4-5-12-8(9)3/h4-7,12H,11H2,1-3H3/b10-6-. The summed E-state index contributed by atoms with van der Waals surface area (Å²) in [5, 5.41) is 0. The summed E-state index contributed by atoms with van der Waals surface area (Å²) in [6.07, 6.45) is 3.64. The molecule has 12 heavy (non-hydrogen) atoms. The highest BCUT2D eigenvalue weighted by molar-refractivity contribution is 5.68. The Bertz CT molecular complexity index is 282. The molecule has 1 aromatic rings. The summed E-state index contributed by atoms with van der Waals surface area (Å²) in [7, 11) is 0. The Morgan fingerprint density at radius 2 is 2.25 bits per heavy atom. The van der Waals surface area contributed by atoms with Gasteiger partial charge < -0.3 is 10.7 Å². The average molecular weight is 164 g/mol. The smallest absolute Gasteiger partial charge is 0.0192 e. The van der Waals surface area contributed by atoms with Crippen LogP contribution in [-0.2, 0) is 0 Å². The van der Waals surface area contributed by atoms with Crippen molar-refractivity contribution in [1.29, 1.82) is 0 Å². The van der Waals surface area contributed by atoms with Crippen molar-refractivity contribution in [3.63, 3.8) is 0 Å². The van der Waals surface area contributed by atoms with Gasteiger partial charge in [-0.05, 0) is 36.2 Å². The average Bonchev–Trinajstić information content (AvgIpc) is 2.38. The Morgan fingerprint density at radius 3 is 2.58 bits per heavy atom. The van der Waals surface area contributed by atoms with Gasteiger partial charge in [-0.1, -0.05) is 13.8 Å². The summed E-state index contributed by atoms with van der Waals surface area (Å²) in [5.41, 5.74) is 9.17. The molecule has 0 atom stereocenters. The molecule has 1 rings (SSSR count). The van der Waals surface area contributed by atoms with Crippen LogP contribution in [0, 0.1) is 12.8 Å². The van der Waals surface area contributed by atoms with Gasteiger partial charge in [0.2, 0.25) is 0 Å². The molecule has 0 saturated heterocycles. The molecular formula is C10H16N2. The van der Waals surface area contributed by atoms with Crippen molar-refractivity contribution in [3.8, 4) is 0 Å². The first-order valence-corrected chi connectivity index (χ1v) is 4.23. The van der Waals surface area contributed by atoms with Gasteiger partial charge >= 0.3 is 0 Å². The van der Waals surface area contributed by atoms with E-state index >= 15 is 0 Å². The largest absolute Gasteiger partial charge is 0.404 e. The monoisotopic (exact) mass is 164 g/mol. The van der Waals surface area contributed by atoms with Crippen molar-refractivity contribution in [2.75, 3.05) is 0 Å². The Labute approximate surface area is 73.5 Å². The lowest BCUT2D eigenvalue weighted by Crippen LogP contribution is -1.97. The number of allylic oxidation sites excluding steroid dienone is 1. The van der Waals surface area contributed by atoms with E-state index in [-0.39, 0.29) is 0 Å². The van der Waals surface area contributed by atoms with E-state index in [1.165, 1.54) is 16.8 Å². The van der Waals surface area contributed by atoms with Crippen LogP contribution in [0.5, 0.6) is 0 Å². The first kappa shape index (κ1) is 8.91. The van der Waals surface area contributed by atoms with E-state index in [0.717, 1.165) is 0 Å². The molecule has 2 heteroatoms. The number of rotatable bonds is 2. The zero-order valence-electron chi connectivity index (χ0n) is 7.89. The van der Waals surface area contributed by atoms with E-state index in [1.54, 1.807) is 6.20 Å². The van der Waals surface area contributed by atoms with Crippen molar-refractivity contribution in [2.45, 2.75) is 20.8 Å². The van der Waals surface area contributed by atoms with Gasteiger partial charge in [-0.3, -0.25) is 0 Å². The van der Waals surface area contributed by atoms with Gasteiger partial charge in [-0.25, -0.2) is 0 Å². The molecule has 0 spiro atoms. The Balaban J connectivity index is 3.04. The first-order valence-electron chi connectivity index (χ1n) is 4.23. The third-order valence-corrected chi connectivity index (χ3v) is 2.07. The molecule has 1 heterocycles. The van der Waals surface area contributed by atoms with Gasteiger partial charge in [0.15, 0.2) is 0 Å². The second-order valence-corrected chi connectivity index (χ2v) is 3.29. The van der Waals surface area contributed by atoms with Crippen LogP contribution in [0.4, 0.5) is 0 Å². The molecule has 0 radical (unpaired) electrons. The maximum absolute atomic E-state index is 5.56. The quantitative estimate of drug-likeness (QED) is 0.691. The lowest BCUT2D eigenvalue weighted by atomic mass is 9.97. The van der Waals surface area contributed by atoms with E-state index in [0.29, 0.717) is 5.92 Å². The lowest BCUT2D eigenvalue weighted by molar-refractivity contribution is 0.852. The first-order chi connectivity index (χ1) is 5.66. The fraction of sp³-hybridized carbons (Fsp3) is 0.400. The van der Waals surface area contributed by atoms with E-state index in [4.69, 9.17) is 5.73 Å². The molecule has 0 aliphatic carbocycles. The van der Waals surface area contributed by atoms with Crippen LogP contribution in [0.15, 0.2) is 18.5 Å². The number of H-pyrrole nitrogens is 1. The number of hydrogen-bond acceptors (Lipinski definition) is 1. The van der Waals surface area contributed by atoms with Crippen molar-refractivity contribution >= 4 is 5.57 Å². The number of aromatic amines is 1. The summed E-state index contributed by atoms with van der Waals surface area (Å²) in [5.74, 6) is 0.476. The Morgan fingerprint density at radius 1 is 1.58 bits per heavy atom. The summed E-state index contributed by atoms with van der Waals surface area (Å²) < 4.78 is 0. The van der Waals surface area contributed by atoms with Crippen LogP contribution in [-0.4, -0.2) is 4.98 Å². The molecule has 0 fully saturated rings. The lowest BCUT2D eigenvalue weighted by Gasteiger charge is -2.09. The van der Waals surface area contributed by atoms with E-state index in [2.05, 4.69) is 31.8 Å². The highest BCUT2D eigenvalue weighted by atomic mass is 14.7. The zero-order valence-corrected chi connectivity index (χ0v) is 7.89. The SMILES string of the molecule is Cc1[nH]ccc1/C(=C\N)C(C)C. The van der Waals surface area contributed by atoms with E-state index in [1.807, 2.05) is 6.20 Å². The molecule has 3 N–H and O–H groups in total. The number of hydrogen-bond donors (Lipinski definition) is 2. The molecule has 0 amide bonds. The topological polar surface area (TPSA) is 41.8 Å². The van der Waals surface area contributed by atoms with Gasteiger partial charge in [-0.2, -0.15) is 0 Å². The van der Waals surface area contributed by atoms with Crippen LogP contribution < -0.4 is 5.73 Å². The van der Waals surface area contributed by atoms with Gasteiger partial charge in [0.1, 0.15) is 0 Å². The normalized spacial score (nSPS) is 12.5. The molecule has 0 bridgehead atoms. The van der Waals surface area contributed by atoms with Crippen molar-refractivity contribution in [1.82, 2.24) is 4.98 Å². The van der Waals surface area contributed by atoms with Gasteiger partial charge in [0, 0.05) is 11.9 Å². The Hall–Kier alpha value is -1.18. The van der Waals surface area contributed by atoms with Crippen molar-refractivity contribution in [2.24, 2.45) is 11.7 Å². The van der Waals surface area contributed by atoms with Gasteiger partial charge in [0.25, 0.3) is 0 Å². The number of aryl methyl sites for hydroxylation is 1. The third-order valence-electron chi connectivity index (χ3n) is 2.07. The van der Waals surface area contributed by atoms with Crippen molar-refractivity contribution < 1.29 is 0 Å². The zero-order chi connectivity index (χ0) is 9.14. The number of nitrogens with two attached hydrogens (primary N) is 1.